The summed E-state index contributed by atoms with van der Waals surface area (Å²) in [5.74, 6) is -0.387. The van der Waals surface area contributed by atoms with Crippen molar-refractivity contribution in [2.24, 2.45) is 0 Å². The number of rotatable bonds is 4. The third kappa shape index (κ3) is 2.79. The molecule has 0 saturated heterocycles. The Labute approximate surface area is 106 Å². The molecule has 2 rings (SSSR count). The molecule has 5 nitrogen and oxygen atoms in total. The highest BCUT2D eigenvalue weighted by Gasteiger charge is 2.32. The quantitative estimate of drug-likeness (QED) is 0.847. The lowest BCUT2D eigenvalue weighted by Crippen LogP contribution is -2.39. The van der Waals surface area contributed by atoms with Crippen LogP contribution in [0.25, 0.3) is 0 Å². The van der Waals surface area contributed by atoms with Crippen molar-refractivity contribution in [3.8, 4) is 0 Å². The molecule has 0 aliphatic heterocycles. The molecule has 0 unspecified atom stereocenters. The van der Waals surface area contributed by atoms with Crippen molar-refractivity contribution in [1.29, 1.82) is 0 Å². The summed E-state index contributed by atoms with van der Waals surface area (Å²) in [4.78, 5) is 16.9. The van der Waals surface area contributed by atoms with Gasteiger partial charge in [0.1, 0.15) is 5.82 Å². The molecule has 0 radical (unpaired) electrons. The first kappa shape index (κ1) is 12.8. The molecule has 0 amide bonds. The van der Waals surface area contributed by atoms with Crippen molar-refractivity contribution in [3.05, 3.63) is 23.9 Å². The van der Waals surface area contributed by atoms with Gasteiger partial charge in [-0.15, -0.1) is 0 Å². The molecule has 1 aromatic rings. The summed E-state index contributed by atoms with van der Waals surface area (Å²) in [7, 11) is 1.82. The van der Waals surface area contributed by atoms with Crippen molar-refractivity contribution in [1.82, 2.24) is 4.98 Å². The lowest BCUT2D eigenvalue weighted by atomic mass is 10.0. The number of carboxylic acid groups (broad SMARTS) is 1. The van der Waals surface area contributed by atoms with Crippen LogP contribution in [-0.4, -0.2) is 40.4 Å². The number of aromatic carboxylic acids is 1. The molecule has 1 fully saturated rings. The van der Waals surface area contributed by atoms with Gasteiger partial charge in [0.2, 0.25) is 0 Å². The number of nitrogens with zero attached hydrogens (tertiary/aromatic N) is 2. The van der Waals surface area contributed by atoms with Gasteiger partial charge in [0.25, 0.3) is 0 Å². The van der Waals surface area contributed by atoms with E-state index in [0.29, 0.717) is 12.4 Å². The first-order valence-electron chi connectivity index (χ1n) is 6.13. The van der Waals surface area contributed by atoms with Crippen LogP contribution in [0.3, 0.4) is 0 Å². The van der Waals surface area contributed by atoms with Gasteiger partial charge in [-0.2, -0.15) is 0 Å². The van der Waals surface area contributed by atoms with Gasteiger partial charge >= 0.3 is 5.97 Å². The zero-order valence-electron chi connectivity index (χ0n) is 10.5. The Kier molecular flexibility index (Phi) is 3.52. The SMILES string of the molecule is CN(CC1(O)CCCC1)c1cc(C(=O)O)ccn1. The number of carboxylic acids is 1. The lowest BCUT2D eigenvalue weighted by Gasteiger charge is -2.29. The summed E-state index contributed by atoms with van der Waals surface area (Å²) in [5.41, 5.74) is -0.444. The van der Waals surface area contributed by atoms with Gasteiger partial charge in [-0.3, -0.25) is 0 Å². The van der Waals surface area contributed by atoms with Crippen LogP contribution in [0.2, 0.25) is 0 Å². The number of aromatic nitrogens is 1. The summed E-state index contributed by atoms with van der Waals surface area (Å²) >= 11 is 0. The van der Waals surface area contributed by atoms with Crippen molar-refractivity contribution in [2.45, 2.75) is 31.3 Å². The topological polar surface area (TPSA) is 73.7 Å². The molecular formula is C13H18N2O3. The maximum atomic E-state index is 10.9. The van der Waals surface area contributed by atoms with E-state index in [1.54, 1.807) is 0 Å². The van der Waals surface area contributed by atoms with E-state index in [9.17, 15) is 9.90 Å². The lowest BCUT2D eigenvalue weighted by molar-refractivity contribution is 0.0558. The normalized spacial score (nSPS) is 17.7. The molecule has 1 aliphatic carbocycles. The first-order chi connectivity index (χ1) is 8.50. The van der Waals surface area contributed by atoms with Gasteiger partial charge in [-0.1, -0.05) is 12.8 Å². The van der Waals surface area contributed by atoms with Crippen molar-refractivity contribution >= 4 is 11.8 Å². The molecule has 0 aromatic carbocycles. The van der Waals surface area contributed by atoms with Crippen LogP contribution < -0.4 is 4.90 Å². The minimum absolute atomic E-state index is 0.213. The highest BCUT2D eigenvalue weighted by molar-refractivity contribution is 5.88. The zero-order valence-corrected chi connectivity index (χ0v) is 10.5. The number of pyridine rings is 1. The Morgan fingerprint density at radius 3 is 2.78 bits per heavy atom. The van der Waals surface area contributed by atoms with E-state index in [2.05, 4.69) is 4.98 Å². The van der Waals surface area contributed by atoms with E-state index in [0.717, 1.165) is 25.7 Å². The van der Waals surface area contributed by atoms with E-state index in [-0.39, 0.29) is 5.56 Å². The van der Waals surface area contributed by atoms with Gasteiger partial charge in [0.15, 0.2) is 0 Å². The molecule has 5 heteroatoms. The highest BCUT2D eigenvalue weighted by atomic mass is 16.4. The molecular weight excluding hydrogens is 232 g/mol. The standard InChI is InChI=1S/C13H18N2O3/c1-15(9-13(18)5-2-3-6-13)11-8-10(12(16)17)4-7-14-11/h4,7-8,18H,2-3,5-6,9H2,1H3,(H,16,17). The molecule has 0 bridgehead atoms. The Balaban J connectivity index is 2.10. The Morgan fingerprint density at radius 2 is 2.17 bits per heavy atom. The predicted octanol–water partition coefficient (Wildman–Crippen LogP) is 1.52. The molecule has 1 saturated carbocycles. The molecule has 1 aliphatic rings. The van der Waals surface area contributed by atoms with Crippen LogP contribution >= 0.6 is 0 Å². The molecule has 1 heterocycles. The van der Waals surface area contributed by atoms with Crippen LogP contribution in [-0.2, 0) is 0 Å². The fourth-order valence-electron chi connectivity index (χ4n) is 2.47. The van der Waals surface area contributed by atoms with Crippen LogP contribution in [0.5, 0.6) is 0 Å². The maximum absolute atomic E-state index is 10.9. The summed E-state index contributed by atoms with van der Waals surface area (Å²) < 4.78 is 0. The highest BCUT2D eigenvalue weighted by Crippen LogP contribution is 2.30. The second-order valence-corrected chi connectivity index (χ2v) is 5.00. The van der Waals surface area contributed by atoms with Gasteiger partial charge in [-0.05, 0) is 25.0 Å². The van der Waals surface area contributed by atoms with Gasteiger partial charge in [-0.25, -0.2) is 9.78 Å². The summed E-state index contributed by atoms with van der Waals surface area (Å²) in [6.45, 7) is 0.489. The largest absolute Gasteiger partial charge is 0.478 e. The maximum Gasteiger partial charge on any atom is 0.335 e. The number of aliphatic hydroxyl groups is 1. The second-order valence-electron chi connectivity index (χ2n) is 5.00. The molecule has 98 valence electrons. The molecule has 18 heavy (non-hydrogen) atoms. The fraction of sp³-hybridized carbons (Fsp3) is 0.538. The Hall–Kier alpha value is -1.62. The van der Waals surface area contributed by atoms with E-state index >= 15 is 0 Å². The number of likely N-dealkylation sites (N-methyl/N-ethyl adjacent to an activating group) is 1. The van der Waals surface area contributed by atoms with Crippen LogP contribution in [0.15, 0.2) is 18.3 Å². The first-order valence-corrected chi connectivity index (χ1v) is 6.13. The summed E-state index contributed by atoms with van der Waals surface area (Å²) in [6, 6.07) is 2.99. The third-order valence-electron chi connectivity index (χ3n) is 3.45. The smallest absolute Gasteiger partial charge is 0.335 e. The predicted molar refractivity (Wildman–Crippen MR) is 67.9 cm³/mol. The van der Waals surface area contributed by atoms with Crippen molar-refractivity contribution < 1.29 is 15.0 Å². The van der Waals surface area contributed by atoms with Crippen LogP contribution in [0.4, 0.5) is 5.82 Å². The number of hydrogen-bond acceptors (Lipinski definition) is 4. The third-order valence-corrected chi connectivity index (χ3v) is 3.45. The minimum atomic E-state index is -0.966. The second kappa shape index (κ2) is 4.94. The number of hydrogen-bond donors (Lipinski definition) is 2. The Morgan fingerprint density at radius 1 is 1.50 bits per heavy atom. The average Bonchev–Trinajstić information content (AvgIpc) is 2.76. The molecule has 1 aromatic heterocycles. The van der Waals surface area contributed by atoms with Crippen LogP contribution in [0.1, 0.15) is 36.0 Å². The van der Waals surface area contributed by atoms with Crippen molar-refractivity contribution in [2.75, 3.05) is 18.5 Å². The van der Waals surface area contributed by atoms with Gasteiger partial charge in [0, 0.05) is 19.8 Å². The Bertz CT molecular complexity index is 442. The molecule has 0 atom stereocenters. The van der Waals surface area contributed by atoms with Crippen LogP contribution in [0, 0.1) is 0 Å². The minimum Gasteiger partial charge on any atom is -0.478 e. The zero-order chi connectivity index (χ0) is 13.2. The molecule has 2 N–H and O–H groups in total. The fourth-order valence-corrected chi connectivity index (χ4v) is 2.47. The van der Waals surface area contributed by atoms with Gasteiger partial charge < -0.3 is 15.1 Å². The van der Waals surface area contributed by atoms with E-state index in [4.69, 9.17) is 5.11 Å². The number of carbonyl (C=O) groups is 1. The average molecular weight is 250 g/mol. The monoisotopic (exact) mass is 250 g/mol. The molecule has 0 spiro atoms. The van der Waals surface area contributed by atoms with E-state index in [1.807, 2.05) is 11.9 Å². The van der Waals surface area contributed by atoms with E-state index < -0.39 is 11.6 Å². The van der Waals surface area contributed by atoms with Gasteiger partial charge in [0.05, 0.1) is 11.2 Å². The summed E-state index contributed by atoms with van der Waals surface area (Å²) in [5, 5.41) is 19.2. The summed E-state index contributed by atoms with van der Waals surface area (Å²) in [6.07, 6.45) is 5.18. The van der Waals surface area contributed by atoms with E-state index in [1.165, 1.54) is 18.3 Å². The number of anilines is 1. The van der Waals surface area contributed by atoms with Crippen molar-refractivity contribution in [3.63, 3.8) is 0 Å².